The molecular formula is C47H29N5O2. The van der Waals surface area contributed by atoms with Crippen molar-refractivity contribution in [2.75, 3.05) is 0 Å². The topological polar surface area (TPSA) is 105 Å². The molecule has 0 aliphatic carbocycles. The third-order valence-electron chi connectivity index (χ3n) is 10.0. The Morgan fingerprint density at radius 1 is 0.370 bits per heavy atom. The first-order valence-corrected chi connectivity index (χ1v) is 17.6. The number of phenolic OH excluding ortho intramolecular Hbond substituents is 2. The Labute approximate surface area is 309 Å². The minimum absolute atomic E-state index is 0.106. The van der Waals surface area contributed by atoms with Gasteiger partial charge in [-0.15, -0.1) is 0 Å². The maximum atomic E-state index is 12.0. The molecule has 0 unspecified atom stereocenters. The van der Waals surface area contributed by atoms with Gasteiger partial charge >= 0.3 is 0 Å². The molecule has 0 spiro atoms. The summed E-state index contributed by atoms with van der Waals surface area (Å²) in [4.78, 5) is 24.1. The zero-order chi connectivity index (χ0) is 36.2. The van der Waals surface area contributed by atoms with Crippen LogP contribution in [-0.4, -0.2) is 35.1 Å². The lowest BCUT2D eigenvalue weighted by molar-refractivity contribution is 0.480. The van der Waals surface area contributed by atoms with E-state index in [0.717, 1.165) is 65.7 Å². The van der Waals surface area contributed by atoms with Crippen molar-refractivity contribution in [3.8, 4) is 67.9 Å². The van der Waals surface area contributed by atoms with Gasteiger partial charge < -0.3 is 10.2 Å². The van der Waals surface area contributed by atoms with Crippen LogP contribution in [0.3, 0.4) is 0 Å². The Hall–Kier alpha value is -7.51. The van der Waals surface area contributed by atoms with Crippen LogP contribution in [0.2, 0.25) is 0 Å². The molecule has 0 bridgehead atoms. The molecule has 7 nitrogen and oxygen atoms in total. The summed E-state index contributed by atoms with van der Waals surface area (Å²) in [6.45, 7) is 0. The summed E-state index contributed by atoms with van der Waals surface area (Å²) in [5, 5.41) is 28.2. The summed E-state index contributed by atoms with van der Waals surface area (Å²) in [5.41, 5.74) is 7.05. The van der Waals surface area contributed by atoms with Crippen molar-refractivity contribution in [1.82, 2.24) is 24.9 Å². The van der Waals surface area contributed by atoms with E-state index in [4.69, 9.17) is 15.0 Å². The zero-order valence-electron chi connectivity index (χ0n) is 28.7. The maximum Gasteiger partial charge on any atom is 0.164 e. The normalized spacial score (nSPS) is 11.5. The average molecular weight is 696 g/mol. The molecule has 10 rings (SSSR count). The molecule has 0 aliphatic heterocycles. The summed E-state index contributed by atoms with van der Waals surface area (Å²) in [5.74, 6) is 1.89. The fourth-order valence-corrected chi connectivity index (χ4v) is 7.54. The van der Waals surface area contributed by atoms with E-state index >= 15 is 0 Å². The van der Waals surface area contributed by atoms with Crippen molar-refractivity contribution in [3.63, 3.8) is 0 Å². The second-order valence-corrected chi connectivity index (χ2v) is 13.2. The minimum Gasteiger partial charge on any atom is -0.506 e. The third-order valence-corrected chi connectivity index (χ3v) is 10.0. The minimum atomic E-state index is 0.106. The van der Waals surface area contributed by atoms with Gasteiger partial charge in [-0.3, -0.25) is 9.97 Å². The van der Waals surface area contributed by atoms with Crippen LogP contribution in [0.15, 0.2) is 164 Å². The van der Waals surface area contributed by atoms with E-state index in [1.165, 1.54) is 0 Å². The van der Waals surface area contributed by atoms with Crippen LogP contribution >= 0.6 is 0 Å². The average Bonchev–Trinajstić information content (AvgIpc) is 3.24. The number of hydrogen-bond donors (Lipinski definition) is 2. The van der Waals surface area contributed by atoms with Crippen LogP contribution in [0.5, 0.6) is 11.5 Å². The maximum absolute atomic E-state index is 12.0. The van der Waals surface area contributed by atoms with Gasteiger partial charge in [-0.05, 0) is 69.1 Å². The Balaban J connectivity index is 1.33. The van der Waals surface area contributed by atoms with Gasteiger partial charge in [0.1, 0.15) is 22.5 Å². The first-order chi connectivity index (χ1) is 26.6. The highest BCUT2D eigenvalue weighted by Crippen LogP contribution is 2.49. The third kappa shape index (κ3) is 5.10. The van der Waals surface area contributed by atoms with Crippen molar-refractivity contribution in [1.29, 1.82) is 0 Å². The van der Waals surface area contributed by atoms with Crippen LogP contribution in [0, 0.1) is 0 Å². The van der Waals surface area contributed by atoms with Gasteiger partial charge in [0.05, 0.1) is 0 Å². The number of pyridine rings is 2. The highest BCUT2D eigenvalue weighted by Gasteiger charge is 2.23. The number of aromatic nitrogens is 5. The van der Waals surface area contributed by atoms with Crippen LogP contribution in [0.4, 0.5) is 0 Å². The van der Waals surface area contributed by atoms with E-state index < -0.39 is 0 Å². The number of fused-ring (bicyclic) bond motifs is 4. The van der Waals surface area contributed by atoms with Crippen LogP contribution in [0.1, 0.15) is 0 Å². The van der Waals surface area contributed by atoms with E-state index in [-0.39, 0.29) is 11.5 Å². The van der Waals surface area contributed by atoms with Crippen molar-refractivity contribution >= 4 is 43.4 Å². The lowest BCUT2D eigenvalue weighted by Crippen LogP contribution is -2.00. The molecular weight excluding hydrogens is 667 g/mol. The number of nitrogens with zero attached hydrogens (tertiary/aromatic N) is 5. The smallest absolute Gasteiger partial charge is 0.164 e. The second-order valence-electron chi connectivity index (χ2n) is 13.2. The molecule has 3 heterocycles. The van der Waals surface area contributed by atoms with E-state index in [1.54, 1.807) is 18.5 Å². The molecule has 0 amide bonds. The summed E-state index contributed by atoms with van der Waals surface area (Å²) in [6.07, 6.45) is 3.39. The summed E-state index contributed by atoms with van der Waals surface area (Å²) >= 11 is 0. The highest BCUT2D eigenvalue weighted by molar-refractivity contribution is 6.24. The van der Waals surface area contributed by atoms with E-state index in [9.17, 15) is 10.2 Å². The van der Waals surface area contributed by atoms with E-state index in [2.05, 4.69) is 34.2 Å². The fraction of sp³-hybridized carbons (Fsp3) is 0. The molecule has 2 N–H and O–H groups in total. The Kier molecular flexibility index (Phi) is 7.30. The van der Waals surface area contributed by atoms with Gasteiger partial charge in [-0.2, -0.15) is 0 Å². The molecule has 0 atom stereocenters. The first-order valence-electron chi connectivity index (χ1n) is 17.6. The molecule has 0 radical (unpaired) electrons. The van der Waals surface area contributed by atoms with Crippen molar-refractivity contribution in [2.24, 2.45) is 0 Å². The lowest BCUT2D eigenvalue weighted by atomic mass is 9.84. The molecule has 3 aromatic heterocycles. The zero-order valence-corrected chi connectivity index (χ0v) is 28.7. The highest BCUT2D eigenvalue weighted by atomic mass is 16.3. The summed E-state index contributed by atoms with van der Waals surface area (Å²) < 4.78 is 0. The molecule has 0 saturated carbocycles. The SMILES string of the molecule is Oc1c(-c2c3ccccc3c(-c3ccc(O)c4ncccc34)c3ccc(-c4nc(-c5ccccc5)nc(-c5ccccc5)n4)cc23)ccc2cccnc12. The Morgan fingerprint density at radius 3 is 1.59 bits per heavy atom. The Bertz CT molecular complexity index is 3020. The lowest BCUT2D eigenvalue weighted by Gasteiger charge is -2.20. The standard InChI is InChI=1S/C47H29N5O2/c53-39-24-23-34(36-18-10-26-49-43(36)39)40-32-16-7-8-17-33(32)41(37-22-19-28-15-9-25-48-42(28)44(37)54)38-27-31(20-21-35(38)40)47-51-45(29-11-3-1-4-12-29)50-46(52-47)30-13-5-2-6-14-30/h1-27,53-54H. The molecule has 0 saturated heterocycles. The molecule has 0 aliphatic rings. The number of rotatable bonds is 5. The van der Waals surface area contributed by atoms with Gasteiger partial charge in [-0.25, -0.2) is 15.0 Å². The van der Waals surface area contributed by atoms with Gasteiger partial charge in [0.25, 0.3) is 0 Å². The summed E-state index contributed by atoms with van der Waals surface area (Å²) in [7, 11) is 0. The first kappa shape index (κ1) is 31.2. The van der Waals surface area contributed by atoms with Crippen LogP contribution < -0.4 is 0 Å². The van der Waals surface area contributed by atoms with E-state index in [1.807, 2.05) is 121 Å². The van der Waals surface area contributed by atoms with Crippen LogP contribution in [-0.2, 0) is 0 Å². The summed E-state index contributed by atoms with van der Waals surface area (Å²) in [6, 6.07) is 49.7. The van der Waals surface area contributed by atoms with E-state index in [0.29, 0.717) is 34.1 Å². The Morgan fingerprint density at radius 2 is 0.907 bits per heavy atom. The van der Waals surface area contributed by atoms with Crippen molar-refractivity contribution in [3.05, 3.63) is 164 Å². The monoisotopic (exact) mass is 695 g/mol. The van der Waals surface area contributed by atoms with Gasteiger partial charge in [0.15, 0.2) is 17.5 Å². The van der Waals surface area contributed by atoms with Crippen molar-refractivity contribution in [2.45, 2.75) is 0 Å². The van der Waals surface area contributed by atoms with Gasteiger partial charge in [0, 0.05) is 51.0 Å². The molecule has 54 heavy (non-hydrogen) atoms. The molecule has 10 aromatic rings. The molecule has 254 valence electrons. The second kappa shape index (κ2) is 12.6. The molecule has 7 aromatic carbocycles. The number of benzene rings is 7. The number of hydrogen-bond acceptors (Lipinski definition) is 7. The molecule has 7 heteroatoms. The predicted molar refractivity (Wildman–Crippen MR) is 216 cm³/mol. The largest absolute Gasteiger partial charge is 0.506 e. The number of phenols is 2. The quantitative estimate of drug-likeness (QED) is 0.173. The van der Waals surface area contributed by atoms with Crippen LogP contribution in [0.25, 0.3) is 99.8 Å². The molecule has 0 fully saturated rings. The predicted octanol–water partition coefficient (Wildman–Crippen LogP) is 11.0. The van der Waals surface area contributed by atoms with Crippen molar-refractivity contribution < 1.29 is 10.2 Å². The van der Waals surface area contributed by atoms with Gasteiger partial charge in [0.2, 0.25) is 0 Å². The van der Waals surface area contributed by atoms with Gasteiger partial charge in [-0.1, -0.05) is 115 Å². The number of aromatic hydroxyl groups is 2. The fourth-order valence-electron chi connectivity index (χ4n) is 7.54.